The molecule has 7 heteroatoms. The van der Waals surface area contributed by atoms with Gasteiger partial charge in [0.15, 0.2) is 5.11 Å². The molecule has 0 spiro atoms. The van der Waals surface area contributed by atoms with Crippen LogP contribution in [0.25, 0.3) is 0 Å². The summed E-state index contributed by atoms with van der Waals surface area (Å²) in [6, 6.07) is 13.3. The van der Waals surface area contributed by atoms with Crippen LogP contribution < -0.4 is 10.2 Å². The van der Waals surface area contributed by atoms with E-state index >= 15 is 0 Å². The standard InChI is InChI=1S/C17H16Cl3N3S/c18-12-2-1-3-13(10-12)21-17(24)23-8-6-22(7-9-23)14-4-5-15(19)16(20)11-14/h1-5,10-11H,6-9H2,(H,21,24). The third-order valence-corrected chi connectivity index (χ3v) is 5.25. The number of piperazine rings is 1. The van der Waals surface area contributed by atoms with Crippen molar-refractivity contribution in [2.45, 2.75) is 0 Å². The van der Waals surface area contributed by atoms with E-state index in [0.717, 1.165) is 37.6 Å². The molecule has 1 aliphatic rings. The Kier molecular flexibility index (Phi) is 5.72. The van der Waals surface area contributed by atoms with E-state index in [2.05, 4.69) is 15.1 Å². The molecule has 0 bridgehead atoms. The molecule has 0 atom stereocenters. The smallest absolute Gasteiger partial charge is 0.173 e. The maximum atomic E-state index is 6.10. The molecule has 1 saturated heterocycles. The maximum absolute atomic E-state index is 6.10. The molecule has 1 heterocycles. The molecule has 24 heavy (non-hydrogen) atoms. The minimum atomic E-state index is 0.575. The highest BCUT2D eigenvalue weighted by atomic mass is 35.5. The molecule has 2 aromatic rings. The number of nitrogens with zero attached hydrogens (tertiary/aromatic N) is 2. The molecule has 0 amide bonds. The topological polar surface area (TPSA) is 18.5 Å². The number of anilines is 2. The molecule has 0 aromatic heterocycles. The van der Waals surface area contributed by atoms with Crippen molar-refractivity contribution >= 4 is 63.5 Å². The minimum Gasteiger partial charge on any atom is -0.368 e. The second-order valence-corrected chi connectivity index (χ2v) is 7.15. The summed E-state index contributed by atoms with van der Waals surface area (Å²) in [7, 11) is 0. The predicted molar refractivity (Wildman–Crippen MR) is 108 cm³/mol. The summed E-state index contributed by atoms with van der Waals surface area (Å²) in [6.45, 7) is 3.42. The molecular formula is C17H16Cl3N3S. The Morgan fingerprint density at radius 3 is 2.33 bits per heavy atom. The van der Waals surface area contributed by atoms with Crippen LogP contribution in [0.5, 0.6) is 0 Å². The molecule has 0 radical (unpaired) electrons. The second kappa shape index (κ2) is 7.79. The Hall–Kier alpha value is -1.20. The maximum Gasteiger partial charge on any atom is 0.173 e. The SMILES string of the molecule is S=C(Nc1cccc(Cl)c1)N1CCN(c2ccc(Cl)c(Cl)c2)CC1. The van der Waals surface area contributed by atoms with Crippen molar-refractivity contribution in [3.63, 3.8) is 0 Å². The number of rotatable bonds is 2. The quantitative estimate of drug-likeness (QED) is 0.701. The molecular weight excluding hydrogens is 385 g/mol. The predicted octanol–water partition coefficient (Wildman–Crippen LogP) is 5.17. The molecule has 0 unspecified atom stereocenters. The third-order valence-electron chi connectivity index (χ3n) is 3.91. The van der Waals surface area contributed by atoms with Gasteiger partial charge < -0.3 is 15.1 Å². The Morgan fingerprint density at radius 2 is 1.67 bits per heavy atom. The number of halogens is 3. The molecule has 2 aromatic carbocycles. The molecule has 0 aliphatic carbocycles. The van der Waals surface area contributed by atoms with E-state index < -0.39 is 0 Å². The summed E-state index contributed by atoms with van der Waals surface area (Å²) in [4.78, 5) is 4.44. The Balaban J connectivity index is 1.58. The fourth-order valence-corrected chi connectivity index (χ4v) is 3.40. The van der Waals surface area contributed by atoms with E-state index in [1.165, 1.54) is 0 Å². The van der Waals surface area contributed by atoms with Gasteiger partial charge in [-0.3, -0.25) is 0 Å². The Morgan fingerprint density at radius 1 is 0.917 bits per heavy atom. The van der Waals surface area contributed by atoms with Gasteiger partial charge in [-0.1, -0.05) is 40.9 Å². The fraction of sp³-hybridized carbons (Fsp3) is 0.235. The first-order valence-electron chi connectivity index (χ1n) is 7.54. The molecule has 3 rings (SSSR count). The molecule has 0 saturated carbocycles. The average molecular weight is 401 g/mol. The van der Waals surface area contributed by atoms with Crippen molar-refractivity contribution in [3.05, 3.63) is 57.5 Å². The molecule has 126 valence electrons. The number of thiocarbonyl (C=S) groups is 1. The Bertz CT molecular complexity index is 746. The summed E-state index contributed by atoms with van der Waals surface area (Å²) < 4.78 is 0. The molecule has 3 nitrogen and oxygen atoms in total. The summed E-state index contributed by atoms with van der Waals surface area (Å²) in [6.07, 6.45) is 0. The van der Waals surface area contributed by atoms with Gasteiger partial charge in [-0.15, -0.1) is 0 Å². The normalized spacial score (nSPS) is 14.6. The lowest BCUT2D eigenvalue weighted by molar-refractivity contribution is 0.391. The van der Waals surface area contributed by atoms with Crippen molar-refractivity contribution in [2.24, 2.45) is 0 Å². The van der Waals surface area contributed by atoms with Gasteiger partial charge in [-0.2, -0.15) is 0 Å². The highest BCUT2D eigenvalue weighted by Crippen LogP contribution is 2.27. The van der Waals surface area contributed by atoms with Gasteiger partial charge in [0.25, 0.3) is 0 Å². The van der Waals surface area contributed by atoms with Gasteiger partial charge in [-0.25, -0.2) is 0 Å². The zero-order chi connectivity index (χ0) is 17.1. The van der Waals surface area contributed by atoms with Crippen molar-refractivity contribution in [1.29, 1.82) is 0 Å². The number of benzene rings is 2. The minimum absolute atomic E-state index is 0.575. The van der Waals surface area contributed by atoms with Gasteiger partial charge in [0.1, 0.15) is 0 Å². The molecule has 1 N–H and O–H groups in total. The first-order valence-corrected chi connectivity index (χ1v) is 9.08. The van der Waals surface area contributed by atoms with E-state index in [0.29, 0.717) is 20.2 Å². The van der Waals surface area contributed by atoms with E-state index in [9.17, 15) is 0 Å². The third kappa shape index (κ3) is 4.25. The van der Waals surface area contributed by atoms with Gasteiger partial charge in [-0.05, 0) is 48.6 Å². The zero-order valence-electron chi connectivity index (χ0n) is 12.8. The van der Waals surface area contributed by atoms with Crippen LogP contribution in [0.2, 0.25) is 15.1 Å². The monoisotopic (exact) mass is 399 g/mol. The first kappa shape index (κ1) is 17.6. The lowest BCUT2D eigenvalue weighted by Gasteiger charge is -2.37. The highest BCUT2D eigenvalue weighted by Gasteiger charge is 2.19. The van der Waals surface area contributed by atoms with Crippen molar-refractivity contribution in [3.8, 4) is 0 Å². The van der Waals surface area contributed by atoms with Crippen LogP contribution in [0.15, 0.2) is 42.5 Å². The summed E-state index contributed by atoms with van der Waals surface area (Å²) >= 11 is 23.6. The Labute approximate surface area is 162 Å². The second-order valence-electron chi connectivity index (χ2n) is 5.51. The van der Waals surface area contributed by atoms with Gasteiger partial charge in [0.05, 0.1) is 10.0 Å². The van der Waals surface area contributed by atoms with Gasteiger partial charge in [0.2, 0.25) is 0 Å². The van der Waals surface area contributed by atoms with E-state index in [4.69, 9.17) is 47.0 Å². The van der Waals surface area contributed by atoms with Crippen LogP contribution in [0, 0.1) is 0 Å². The van der Waals surface area contributed by atoms with Crippen molar-refractivity contribution in [2.75, 3.05) is 36.4 Å². The fourth-order valence-electron chi connectivity index (χ4n) is 2.62. The molecule has 1 fully saturated rings. The number of hydrogen-bond acceptors (Lipinski definition) is 2. The zero-order valence-corrected chi connectivity index (χ0v) is 15.9. The van der Waals surface area contributed by atoms with Gasteiger partial charge in [0, 0.05) is 42.6 Å². The lowest BCUT2D eigenvalue weighted by Crippen LogP contribution is -2.50. The van der Waals surface area contributed by atoms with Gasteiger partial charge >= 0.3 is 0 Å². The lowest BCUT2D eigenvalue weighted by atomic mass is 10.2. The summed E-state index contributed by atoms with van der Waals surface area (Å²) in [5.41, 5.74) is 1.98. The van der Waals surface area contributed by atoms with Crippen LogP contribution in [0.4, 0.5) is 11.4 Å². The van der Waals surface area contributed by atoms with Crippen LogP contribution in [0.3, 0.4) is 0 Å². The van der Waals surface area contributed by atoms with E-state index in [1.54, 1.807) is 0 Å². The van der Waals surface area contributed by atoms with Crippen LogP contribution in [-0.2, 0) is 0 Å². The van der Waals surface area contributed by atoms with Crippen LogP contribution in [-0.4, -0.2) is 36.2 Å². The molecule has 1 aliphatic heterocycles. The average Bonchev–Trinajstić information content (AvgIpc) is 2.57. The summed E-state index contributed by atoms with van der Waals surface area (Å²) in [5.74, 6) is 0. The van der Waals surface area contributed by atoms with Crippen LogP contribution in [0.1, 0.15) is 0 Å². The number of hydrogen-bond donors (Lipinski definition) is 1. The highest BCUT2D eigenvalue weighted by molar-refractivity contribution is 7.80. The van der Waals surface area contributed by atoms with E-state index in [1.807, 2.05) is 42.5 Å². The number of nitrogens with one attached hydrogen (secondary N) is 1. The summed E-state index contributed by atoms with van der Waals surface area (Å²) in [5, 5.41) is 5.79. The van der Waals surface area contributed by atoms with E-state index in [-0.39, 0.29) is 0 Å². The first-order chi connectivity index (χ1) is 11.5. The van der Waals surface area contributed by atoms with Crippen molar-refractivity contribution < 1.29 is 0 Å². The largest absolute Gasteiger partial charge is 0.368 e. The van der Waals surface area contributed by atoms with Crippen molar-refractivity contribution in [1.82, 2.24) is 4.90 Å². The van der Waals surface area contributed by atoms with Crippen LogP contribution >= 0.6 is 47.0 Å².